The summed E-state index contributed by atoms with van der Waals surface area (Å²) in [4.78, 5) is 0. The molecule has 0 aliphatic rings. The molecule has 0 atom stereocenters. The normalized spacial score (nSPS) is 12.0. The standard InChI is InChI=1S/C11H16O3S/c1-8(2)15(13,14)7-10-4-5-11(12)9(3)6-10/h4-6,8,12H,7H2,1-3H3. The van der Waals surface area contributed by atoms with Crippen molar-refractivity contribution in [2.45, 2.75) is 31.8 Å². The first-order valence-corrected chi connectivity index (χ1v) is 6.54. The fraction of sp³-hybridized carbons (Fsp3) is 0.455. The molecule has 1 N–H and O–H groups in total. The second-order valence-electron chi connectivity index (χ2n) is 3.98. The van der Waals surface area contributed by atoms with Gasteiger partial charge in [0.25, 0.3) is 0 Å². The molecule has 0 aliphatic carbocycles. The lowest BCUT2D eigenvalue weighted by Crippen LogP contribution is -2.16. The molecule has 0 aliphatic heterocycles. The first-order chi connectivity index (χ1) is 6.83. The monoisotopic (exact) mass is 228 g/mol. The number of hydrogen-bond donors (Lipinski definition) is 1. The van der Waals surface area contributed by atoms with E-state index in [4.69, 9.17) is 0 Å². The van der Waals surface area contributed by atoms with Crippen molar-refractivity contribution >= 4 is 9.84 Å². The van der Waals surface area contributed by atoms with Gasteiger partial charge in [0.2, 0.25) is 0 Å². The van der Waals surface area contributed by atoms with Crippen LogP contribution in [0.4, 0.5) is 0 Å². The highest BCUT2D eigenvalue weighted by atomic mass is 32.2. The van der Waals surface area contributed by atoms with E-state index in [0.29, 0.717) is 5.56 Å². The first kappa shape index (κ1) is 12.0. The third-order valence-corrected chi connectivity index (χ3v) is 4.52. The minimum atomic E-state index is -3.06. The molecule has 0 bridgehead atoms. The first-order valence-electron chi connectivity index (χ1n) is 4.83. The van der Waals surface area contributed by atoms with Gasteiger partial charge in [-0.05, 0) is 38.0 Å². The van der Waals surface area contributed by atoms with Gasteiger partial charge in [0.15, 0.2) is 9.84 Å². The molecule has 0 saturated heterocycles. The summed E-state index contributed by atoms with van der Waals surface area (Å²) in [6.45, 7) is 5.09. The molecule has 0 aromatic heterocycles. The molecule has 4 heteroatoms. The molecule has 0 unspecified atom stereocenters. The van der Waals surface area contributed by atoms with Gasteiger partial charge < -0.3 is 5.11 Å². The van der Waals surface area contributed by atoms with Crippen LogP contribution in [0.15, 0.2) is 18.2 Å². The number of phenols is 1. The maximum Gasteiger partial charge on any atom is 0.156 e. The van der Waals surface area contributed by atoms with Crippen LogP contribution in [0, 0.1) is 6.92 Å². The van der Waals surface area contributed by atoms with Crippen LogP contribution in [0.25, 0.3) is 0 Å². The van der Waals surface area contributed by atoms with Crippen LogP contribution in [0.3, 0.4) is 0 Å². The largest absolute Gasteiger partial charge is 0.508 e. The third-order valence-electron chi connectivity index (χ3n) is 2.35. The summed E-state index contributed by atoms with van der Waals surface area (Å²) < 4.78 is 23.3. The van der Waals surface area contributed by atoms with Gasteiger partial charge in [0.1, 0.15) is 5.75 Å². The van der Waals surface area contributed by atoms with E-state index < -0.39 is 9.84 Å². The molecule has 0 saturated carbocycles. The predicted octanol–water partition coefficient (Wildman–Crippen LogP) is 2.02. The maximum atomic E-state index is 11.6. The summed E-state index contributed by atoms with van der Waals surface area (Å²) in [5.41, 5.74) is 1.42. The van der Waals surface area contributed by atoms with Crippen LogP contribution in [-0.4, -0.2) is 18.8 Å². The van der Waals surface area contributed by atoms with E-state index >= 15 is 0 Å². The van der Waals surface area contributed by atoms with Crippen molar-refractivity contribution in [1.29, 1.82) is 0 Å². The summed E-state index contributed by atoms with van der Waals surface area (Å²) in [7, 11) is -3.06. The second kappa shape index (κ2) is 4.23. The number of hydrogen-bond acceptors (Lipinski definition) is 3. The van der Waals surface area contributed by atoms with Crippen LogP contribution in [-0.2, 0) is 15.6 Å². The molecule has 0 amide bonds. The van der Waals surface area contributed by atoms with E-state index in [0.717, 1.165) is 5.56 Å². The highest BCUT2D eigenvalue weighted by Crippen LogP contribution is 2.19. The van der Waals surface area contributed by atoms with E-state index in [1.807, 2.05) is 0 Å². The topological polar surface area (TPSA) is 54.4 Å². The van der Waals surface area contributed by atoms with Crippen molar-refractivity contribution in [1.82, 2.24) is 0 Å². The molecular formula is C11H16O3S. The van der Waals surface area contributed by atoms with Crippen molar-refractivity contribution in [3.8, 4) is 5.75 Å². The number of aromatic hydroxyl groups is 1. The van der Waals surface area contributed by atoms with Gasteiger partial charge in [-0.15, -0.1) is 0 Å². The zero-order chi connectivity index (χ0) is 11.6. The summed E-state index contributed by atoms with van der Waals surface area (Å²) in [6, 6.07) is 4.87. The molecule has 0 spiro atoms. The number of phenolic OH excluding ortho intramolecular Hbond substituents is 1. The van der Waals surface area contributed by atoms with Gasteiger partial charge in [-0.25, -0.2) is 8.42 Å². The van der Waals surface area contributed by atoms with Crippen molar-refractivity contribution < 1.29 is 13.5 Å². The van der Waals surface area contributed by atoms with E-state index in [1.165, 1.54) is 6.07 Å². The Morgan fingerprint density at radius 1 is 1.33 bits per heavy atom. The number of benzene rings is 1. The smallest absolute Gasteiger partial charge is 0.156 e. The van der Waals surface area contributed by atoms with Gasteiger partial charge in [-0.3, -0.25) is 0 Å². The lowest BCUT2D eigenvalue weighted by Gasteiger charge is -2.08. The maximum absolute atomic E-state index is 11.6. The fourth-order valence-electron chi connectivity index (χ4n) is 1.21. The SMILES string of the molecule is Cc1cc(CS(=O)(=O)C(C)C)ccc1O. The summed E-state index contributed by atoms with van der Waals surface area (Å²) in [6.07, 6.45) is 0. The molecule has 1 aromatic carbocycles. The molecular weight excluding hydrogens is 212 g/mol. The van der Waals surface area contributed by atoms with Gasteiger partial charge in [-0.1, -0.05) is 12.1 Å². The molecule has 0 fully saturated rings. The fourth-order valence-corrected chi connectivity index (χ4v) is 2.18. The molecule has 0 heterocycles. The van der Waals surface area contributed by atoms with E-state index in [9.17, 15) is 13.5 Å². The average Bonchev–Trinajstić information content (AvgIpc) is 2.10. The lowest BCUT2D eigenvalue weighted by atomic mass is 10.1. The Morgan fingerprint density at radius 2 is 1.93 bits per heavy atom. The highest BCUT2D eigenvalue weighted by Gasteiger charge is 2.16. The Balaban J connectivity index is 2.96. The average molecular weight is 228 g/mol. The van der Waals surface area contributed by atoms with Crippen LogP contribution >= 0.6 is 0 Å². The highest BCUT2D eigenvalue weighted by molar-refractivity contribution is 7.91. The van der Waals surface area contributed by atoms with Crippen molar-refractivity contribution in [2.75, 3.05) is 0 Å². The lowest BCUT2D eigenvalue weighted by molar-refractivity contribution is 0.471. The Hall–Kier alpha value is -1.03. The third kappa shape index (κ3) is 2.96. The molecule has 0 radical (unpaired) electrons. The van der Waals surface area contributed by atoms with Crippen molar-refractivity contribution in [3.63, 3.8) is 0 Å². The van der Waals surface area contributed by atoms with Gasteiger partial charge >= 0.3 is 0 Å². The van der Waals surface area contributed by atoms with Gasteiger partial charge in [-0.2, -0.15) is 0 Å². The van der Waals surface area contributed by atoms with E-state index in [-0.39, 0.29) is 16.8 Å². The van der Waals surface area contributed by atoms with Crippen molar-refractivity contribution in [2.24, 2.45) is 0 Å². The van der Waals surface area contributed by atoms with Crippen LogP contribution in [0.2, 0.25) is 0 Å². The zero-order valence-electron chi connectivity index (χ0n) is 9.19. The van der Waals surface area contributed by atoms with Crippen molar-refractivity contribution in [3.05, 3.63) is 29.3 Å². The van der Waals surface area contributed by atoms with E-state index in [2.05, 4.69) is 0 Å². The van der Waals surface area contributed by atoms with Crippen LogP contribution in [0.1, 0.15) is 25.0 Å². The second-order valence-corrected chi connectivity index (χ2v) is 6.53. The van der Waals surface area contributed by atoms with Crippen LogP contribution < -0.4 is 0 Å². The van der Waals surface area contributed by atoms with E-state index in [1.54, 1.807) is 32.9 Å². The Bertz CT molecular complexity index is 447. The van der Waals surface area contributed by atoms with Gasteiger partial charge in [0.05, 0.1) is 11.0 Å². The predicted molar refractivity (Wildman–Crippen MR) is 60.6 cm³/mol. The summed E-state index contributed by atoms with van der Waals surface area (Å²) in [5, 5.41) is 8.93. The molecule has 84 valence electrons. The molecule has 3 nitrogen and oxygen atoms in total. The quantitative estimate of drug-likeness (QED) is 0.861. The summed E-state index contributed by atoms with van der Waals surface area (Å²) >= 11 is 0. The Morgan fingerprint density at radius 3 is 2.40 bits per heavy atom. The van der Waals surface area contributed by atoms with Gasteiger partial charge in [0, 0.05) is 0 Å². The molecule has 1 aromatic rings. The Kier molecular flexibility index (Phi) is 3.39. The zero-order valence-corrected chi connectivity index (χ0v) is 10.0. The summed E-state index contributed by atoms with van der Waals surface area (Å²) in [5.74, 6) is 0.229. The minimum Gasteiger partial charge on any atom is -0.508 e. The number of sulfone groups is 1. The number of rotatable bonds is 3. The molecule has 15 heavy (non-hydrogen) atoms. The Labute approximate surface area is 90.7 Å². The minimum absolute atomic E-state index is 0.0335. The number of aryl methyl sites for hydroxylation is 1. The molecule has 1 rings (SSSR count). The van der Waals surface area contributed by atoms with Crippen LogP contribution in [0.5, 0.6) is 5.75 Å².